The van der Waals surface area contributed by atoms with E-state index in [4.69, 9.17) is 9.57 Å². The third-order valence-electron chi connectivity index (χ3n) is 3.56. The second kappa shape index (κ2) is 6.09. The summed E-state index contributed by atoms with van der Waals surface area (Å²) >= 11 is 0. The van der Waals surface area contributed by atoms with Crippen molar-refractivity contribution in [3.63, 3.8) is 0 Å². The number of nitro benzene ring substituents is 1. The summed E-state index contributed by atoms with van der Waals surface area (Å²) in [5.74, 6) is -0.998. The maximum atomic E-state index is 12.2. The zero-order valence-electron chi connectivity index (χ0n) is 12.6. The largest absolute Gasteiger partial charge is 0.490 e. The average Bonchev–Trinajstić information content (AvgIpc) is 2.84. The minimum Gasteiger partial charge on any atom is -0.490 e. The summed E-state index contributed by atoms with van der Waals surface area (Å²) in [4.78, 5) is 40.0. The van der Waals surface area contributed by atoms with Crippen molar-refractivity contribution in [1.29, 1.82) is 0 Å². The van der Waals surface area contributed by atoms with Crippen LogP contribution in [0, 0.1) is 10.1 Å². The molecule has 2 aromatic rings. The molecule has 1 heterocycles. The summed E-state index contributed by atoms with van der Waals surface area (Å²) in [6.07, 6.45) is 0. The third-order valence-corrected chi connectivity index (χ3v) is 3.56. The Balaban J connectivity index is 1.78. The molecule has 8 nitrogen and oxygen atoms in total. The number of carbonyl (C=O) groups excluding carboxylic acids is 2. The van der Waals surface area contributed by atoms with Crippen LogP contribution in [0.2, 0.25) is 0 Å². The van der Waals surface area contributed by atoms with Gasteiger partial charge in [-0.25, -0.2) is 0 Å². The molecule has 0 aromatic heterocycles. The van der Waals surface area contributed by atoms with Crippen molar-refractivity contribution in [2.45, 2.75) is 6.61 Å². The Morgan fingerprint density at radius 1 is 1.08 bits per heavy atom. The number of methoxy groups -OCH3 is 1. The van der Waals surface area contributed by atoms with Crippen LogP contribution in [-0.2, 0) is 11.4 Å². The van der Waals surface area contributed by atoms with Gasteiger partial charge in [0, 0.05) is 6.07 Å². The Morgan fingerprint density at radius 2 is 1.71 bits per heavy atom. The van der Waals surface area contributed by atoms with Gasteiger partial charge in [0.25, 0.3) is 11.8 Å². The van der Waals surface area contributed by atoms with Crippen molar-refractivity contribution >= 4 is 17.5 Å². The number of hydroxylamine groups is 2. The molecule has 122 valence electrons. The van der Waals surface area contributed by atoms with Gasteiger partial charge in [-0.15, -0.1) is 5.06 Å². The lowest BCUT2D eigenvalue weighted by Gasteiger charge is -2.13. The second-order valence-electron chi connectivity index (χ2n) is 4.99. The molecule has 0 aliphatic carbocycles. The zero-order valence-corrected chi connectivity index (χ0v) is 12.6. The van der Waals surface area contributed by atoms with E-state index in [1.54, 1.807) is 18.2 Å². The van der Waals surface area contributed by atoms with Crippen LogP contribution in [-0.4, -0.2) is 28.9 Å². The lowest BCUT2D eigenvalue weighted by molar-refractivity contribution is -0.385. The Morgan fingerprint density at radius 3 is 2.25 bits per heavy atom. The number of nitrogens with zero attached hydrogens (tertiary/aromatic N) is 2. The van der Waals surface area contributed by atoms with E-state index < -0.39 is 16.7 Å². The fraction of sp³-hybridized carbons (Fsp3) is 0.125. The van der Waals surface area contributed by atoms with Gasteiger partial charge in [0.15, 0.2) is 5.75 Å². The fourth-order valence-electron chi connectivity index (χ4n) is 2.39. The van der Waals surface area contributed by atoms with Crippen LogP contribution in [0.5, 0.6) is 5.75 Å². The van der Waals surface area contributed by atoms with Gasteiger partial charge >= 0.3 is 5.69 Å². The Bertz CT molecular complexity index is 813. The van der Waals surface area contributed by atoms with Gasteiger partial charge in [-0.1, -0.05) is 18.2 Å². The fourth-order valence-corrected chi connectivity index (χ4v) is 2.39. The minimum absolute atomic E-state index is 0.115. The van der Waals surface area contributed by atoms with Gasteiger partial charge in [-0.05, 0) is 23.8 Å². The van der Waals surface area contributed by atoms with Gasteiger partial charge in [0.2, 0.25) is 0 Å². The van der Waals surface area contributed by atoms with E-state index >= 15 is 0 Å². The van der Waals surface area contributed by atoms with E-state index in [0.29, 0.717) is 10.6 Å². The lowest BCUT2D eigenvalue weighted by Crippen LogP contribution is -2.29. The highest BCUT2D eigenvalue weighted by Gasteiger charge is 2.36. The number of amides is 2. The highest BCUT2D eigenvalue weighted by atomic mass is 16.7. The summed E-state index contributed by atoms with van der Waals surface area (Å²) in [5, 5.41) is 11.7. The molecule has 0 unspecified atom stereocenters. The van der Waals surface area contributed by atoms with Crippen molar-refractivity contribution in [3.8, 4) is 5.75 Å². The lowest BCUT2D eigenvalue weighted by atomic mass is 10.1. The van der Waals surface area contributed by atoms with E-state index in [0.717, 1.165) is 0 Å². The van der Waals surface area contributed by atoms with Crippen molar-refractivity contribution in [2.24, 2.45) is 0 Å². The third kappa shape index (κ3) is 2.59. The molecule has 3 rings (SSSR count). The first kappa shape index (κ1) is 15.6. The second-order valence-corrected chi connectivity index (χ2v) is 4.99. The average molecular weight is 328 g/mol. The predicted molar refractivity (Wildman–Crippen MR) is 81.4 cm³/mol. The predicted octanol–water partition coefficient (Wildman–Crippen LogP) is 2.33. The molecular formula is C16H12N2O6. The van der Waals surface area contributed by atoms with E-state index in [1.807, 2.05) is 0 Å². The van der Waals surface area contributed by atoms with Crippen LogP contribution >= 0.6 is 0 Å². The Hall–Kier alpha value is -3.26. The number of nitro groups is 1. The molecule has 2 amide bonds. The van der Waals surface area contributed by atoms with Gasteiger partial charge in [0.05, 0.1) is 23.2 Å². The molecule has 1 aliphatic rings. The van der Waals surface area contributed by atoms with Gasteiger partial charge in [-0.3, -0.25) is 24.5 Å². The number of benzene rings is 2. The molecule has 0 saturated heterocycles. The molecule has 0 fully saturated rings. The van der Waals surface area contributed by atoms with Crippen LogP contribution in [0.1, 0.15) is 26.3 Å². The first-order valence-corrected chi connectivity index (χ1v) is 6.95. The highest BCUT2D eigenvalue weighted by molar-refractivity contribution is 6.20. The quantitative estimate of drug-likeness (QED) is 0.474. The van der Waals surface area contributed by atoms with Crippen LogP contribution < -0.4 is 4.74 Å². The number of fused-ring (bicyclic) bond motifs is 1. The first-order valence-electron chi connectivity index (χ1n) is 6.95. The Labute approximate surface area is 136 Å². The van der Waals surface area contributed by atoms with E-state index in [9.17, 15) is 19.7 Å². The number of hydrogen-bond donors (Lipinski definition) is 0. The van der Waals surface area contributed by atoms with Crippen LogP contribution in [0.3, 0.4) is 0 Å². The Kier molecular flexibility index (Phi) is 3.97. The first-order chi connectivity index (χ1) is 11.5. The summed E-state index contributed by atoms with van der Waals surface area (Å²) in [6.45, 7) is -0.170. The molecule has 0 saturated carbocycles. The summed E-state index contributed by atoms with van der Waals surface area (Å²) in [5.41, 5.74) is 0.742. The number of rotatable bonds is 5. The van der Waals surface area contributed by atoms with E-state index in [2.05, 4.69) is 0 Å². The normalized spacial score (nSPS) is 13.1. The standard InChI is InChI=1S/C16H12N2O6/c1-23-14-7-6-10(8-13(14)18(21)22)9-24-17-15(19)11-4-2-3-5-12(11)16(17)20/h2-8H,9H2,1H3. The van der Waals surface area contributed by atoms with Gasteiger partial charge in [-0.2, -0.15) is 0 Å². The van der Waals surface area contributed by atoms with E-state index in [-0.39, 0.29) is 29.2 Å². The number of carbonyl (C=O) groups is 2. The number of hydrogen-bond acceptors (Lipinski definition) is 6. The summed E-state index contributed by atoms with van der Waals surface area (Å²) in [7, 11) is 1.33. The topological polar surface area (TPSA) is 99.0 Å². The van der Waals surface area contributed by atoms with Crippen molar-refractivity contribution in [1.82, 2.24) is 5.06 Å². The van der Waals surface area contributed by atoms with Gasteiger partial charge in [0.1, 0.15) is 6.61 Å². The van der Waals surface area contributed by atoms with E-state index in [1.165, 1.54) is 31.4 Å². The molecule has 0 atom stereocenters. The number of imide groups is 1. The molecule has 0 spiro atoms. The monoisotopic (exact) mass is 328 g/mol. The van der Waals surface area contributed by atoms with Crippen LogP contribution in [0.4, 0.5) is 5.69 Å². The smallest absolute Gasteiger partial charge is 0.311 e. The zero-order chi connectivity index (χ0) is 17.3. The highest BCUT2D eigenvalue weighted by Crippen LogP contribution is 2.28. The number of ether oxygens (including phenoxy) is 1. The molecule has 0 bridgehead atoms. The summed E-state index contributed by atoms with van der Waals surface area (Å²) in [6, 6.07) is 10.6. The molecule has 0 radical (unpaired) electrons. The van der Waals surface area contributed by atoms with Gasteiger partial charge < -0.3 is 4.74 Å². The molecule has 0 N–H and O–H groups in total. The minimum atomic E-state index is -0.579. The van der Waals surface area contributed by atoms with Crippen LogP contribution in [0.15, 0.2) is 42.5 Å². The van der Waals surface area contributed by atoms with Crippen molar-refractivity contribution < 1.29 is 24.1 Å². The maximum Gasteiger partial charge on any atom is 0.311 e. The SMILES string of the molecule is COc1ccc(CON2C(=O)c3ccccc3C2=O)cc1[N+](=O)[O-]. The van der Waals surface area contributed by atoms with Crippen molar-refractivity contribution in [2.75, 3.05) is 7.11 Å². The maximum absolute atomic E-state index is 12.2. The molecule has 24 heavy (non-hydrogen) atoms. The molecule has 2 aromatic carbocycles. The molecule has 8 heteroatoms. The van der Waals surface area contributed by atoms with Crippen molar-refractivity contribution in [3.05, 3.63) is 69.3 Å². The summed E-state index contributed by atoms with van der Waals surface area (Å²) < 4.78 is 4.91. The van der Waals surface area contributed by atoms with Crippen LogP contribution in [0.25, 0.3) is 0 Å². The molecule has 1 aliphatic heterocycles. The molecular weight excluding hydrogens is 316 g/mol.